The predicted molar refractivity (Wildman–Crippen MR) is 71.7 cm³/mol. The number of carbonyl (C=O) groups excluding carboxylic acids is 3. The van der Waals surface area contributed by atoms with Gasteiger partial charge in [-0.2, -0.15) is 0 Å². The first-order valence-corrected chi connectivity index (χ1v) is 6.35. The van der Waals surface area contributed by atoms with Crippen LogP contribution in [0.25, 0.3) is 0 Å². The van der Waals surface area contributed by atoms with Crippen LogP contribution in [0.1, 0.15) is 33.6 Å². The normalized spacial score (nSPS) is 12.8. The largest absolute Gasteiger partial charge is 0.468 e. The monoisotopic (exact) mass is 286 g/mol. The molecule has 0 saturated heterocycles. The van der Waals surface area contributed by atoms with E-state index in [0.717, 1.165) is 6.42 Å². The Morgan fingerprint density at radius 1 is 1.15 bits per heavy atom. The first-order valence-electron chi connectivity index (χ1n) is 6.35. The van der Waals surface area contributed by atoms with Crippen LogP contribution >= 0.6 is 0 Å². The van der Waals surface area contributed by atoms with Gasteiger partial charge in [-0.3, -0.25) is 14.4 Å². The Balaban J connectivity index is 5.20. The summed E-state index contributed by atoms with van der Waals surface area (Å²) in [6.45, 7) is 4.62. The second-order valence-corrected chi connectivity index (χ2v) is 4.48. The minimum absolute atomic E-state index is 0.425. The quantitative estimate of drug-likeness (QED) is 0.306. The molecule has 0 aromatic carbocycles. The molecule has 0 bridgehead atoms. The molecule has 1 atom stereocenters. The van der Waals surface area contributed by atoms with E-state index in [9.17, 15) is 14.4 Å². The highest BCUT2D eigenvalue weighted by atomic mass is 16.5. The Bertz CT molecular complexity index is 369. The van der Waals surface area contributed by atoms with E-state index in [4.69, 9.17) is 4.74 Å². The Kier molecular flexibility index (Phi) is 7.57. The molecular formula is C14H22O6. The predicted octanol–water partition coefficient (Wildman–Crippen LogP) is 1.63. The number of hydrogen-bond acceptors (Lipinski definition) is 6. The third-order valence-corrected chi connectivity index (χ3v) is 2.75. The second kappa shape index (κ2) is 8.35. The van der Waals surface area contributed by atoms with Crippen molar-refractivity contribution in [2.75, 3.05) is 14.2 Å². The van der Waals surface area contributed by atoms with Crippen molar-refractivity contribution in [3.63, 3.8) is 0 Å². The summed E-state index contributed by atoms with van der Waals surface area (Å²) >= 11 is 0. The maximum absolute atomic E-state index is 11.7. The molecule has 0 N–H and O–H groups in total. The molecule has 0 aromatic rings. The Morgan fingerprint density at radius 3 is 2.00 bits per heavy atom. The summed E-state index contributed by atoms with van der Waals surface area (Å²) in [6, 6.07) is 0. The van der Waals surface area contributed by atoms with E-state index in [1.165, 1.54) is 40.2 Å². The maximum atomic E-state index is 11.7. The van der Waals surface area contributed by atoms with E-state index in [2.05, 4.69) is 9.47 Å². The van der Waals surface area contributed by atoms with Crippen molar-refractivity contribution in [1.82, 2.24) is 0 Å². The lowest BCUT2D eigenvalue weighted by molar-refractivity contribution is -0.163. The van der Waals surface area contributed by atoms with Crippen molar-refractivity contribution in [2.24, 2.45) is 5.41 Å². The minimum Gasteiger partial charge on any atom is -0.468 e. The lowest BCUT2D eigenvalue weighted by atomic mass is 9.89. The second-order valence-electron chi connectivity index (χ2n) is 4.48. The lowest BCUT2D eigenvalue weighted by Crippen LogP contribution is -2.37. The summed E-state index contributed by atoms with van der Waals surface area (Å²) in [7, 11) is 2.37. The van der Waals surface area contributed by atoms with Gasteiger partial charge in [0.15, 0.2) is 5.41 Å². The molecule has 6 nitrogen and oxygen atoms in total. The molecule has 0 fully saturated rings. The summed E-state index contributed by atoms with van der Waals surface area (Å²) < 4.78 is 14.3. The topological polar surface area (TPSA) is 78.9 Å². The third kappa shape index (κ3) is 5.03. The molecule has 0 saturated carbocycles. The van der Waals surface area contributed by atoms with Gasteiger partial charge in [0, 0.05) is 6.92 Å². The summed E-state index contributed by atoms with van der Waals surface area (Å²) in [5.41, 5.74) is -1.56. The molecule has 0 aliphatic heterocycles. The van der Waals surface area contributed by atoms with Crippen molar-refractivity contribution in [3.05, 3.63) is 12.2 Å². The molecule has 0 aliphatic rings. The van der Waals surface area contributed by atoms with Crippen LogP contribution in [-0.4, -0.2) is 38.2 Å². The molecule has 0 amide bonds. The number of hydrogen-bond donors (Lipinski definition) is 0. The average Bonchev–Trinajstić information content (AvgIpc) is 2.42. The van der Waals surface area contributed by atoms with Gasteiger partial charge in [0.2, 0.25) is 0 Å². The van der Waals surface area contributed by atoms with Gasteiger partial charge in [0.25, 0.3) is 0 Å². The zero-order valence-corrected chi connectivity index (χ0v) is 12.6. The highest BCUT2D eigenvalue weighted by Gasteiger charge is 2.41. The van der Waals surface area contributed by atoms with Gasteiger partial charge in [-0.25, -0.2) is 0 Å². The third-order valence-electron chi connectivity index (χ3n) is 2.75. The van der Waals surface area contributed by atoms with Gasteiger partial charge >= 0.3 is 17.9 Å². The smallest absolute Gasteiger partial charge is 0.326 e. The van der Waals surface area contributed by atoms with Crippen LogP contribution in [0, 0.1) is 5.41 Å². The molecule has 0 radical (unpaired) electrons. The van der Waals surface area contributed by atoms with Gasteiger partial charge in [0.05, 0.1) is 14.2 Å². The van der Waals surface area contributed by atoms with Gasteiger partial charge in [0.1, 0.15) is 6.10 Å². The van der Waals surface area contributed by atoms with Crippen LogP contribution in [0.3, 0.4) is 0 Å². The number of esters is 3. The van der Waals surface area contributed by atoms with Crippen LogP contribution in [-0.2, 0) is 28.6 Å². The summed E-state index contributed by atoms with van der Waals surface area (Å²) in [4.78, 5) is 34.5. The van der Waals surface area contributed by atoms with Crippen molar-refractivity contribution in [3.8, 4) is 0 Å². The number of rotatable bonds is 7. The fourth-order valence-corrected chi connectivity index (χ4v) is 1.64. The summed E-state index contributed by atoms with van der Waals surface area (Å²) in [5, 5.41) is 0. The standard InChI is InChI=1S/C14H22O6/c1-6-7-11(20-10(2)15)8-9-14(3,12(16)18-4)13(17)19-5/h8-9,11H,6-7H2,1-5H3/b9-8+/t11-/m1/s1. The van der Waals surface area contributed by atoms with Crippen LogP contribution < -0.4 is 0 Å². The van der Waals surface area contributed by atoms with Crippen LogP contribution in [0.4, 0.5) is 0 Å². The Hall–Kier alpha value is -1.85. The van der Waals surface area contributed by atoms with Gasteiger partial charge in [-0.05, 0) is 19.4 Å². The summed E-state index contributed by atoms with van der Waals surface area (Å²) in [5.74, 6) is -1.90. The first-order chi connectivity index (χ1) is 9.31. The Labute approximate surface area is 119 Å². The molecule has 6 heteroatoms. The minimum atomic E-state index is -1.56. The number of carbonyl (C=O) groups is 3. The van der Waals surface area contributed by atoms with E-state index in [0.29, 0.717) is 6.42 Å². The molecule has 0 aliphatic carbocycles. The van der Waals surface area contributed by atoms with Gasteiger partial charge in [-0.15, -0.1) is 0 Å². The molecule has 0 rings (SSSR count). The van der Waals surface area contributed by atoms with E-state index in [-0.39, 0.29) is 0 Å². The molecular weight excluding hydrogens is 264 g/mol. The molecule has 20 heavy (non-hydrogen) atoms. The number of methoxy groups -OCH3 is 2. The highest BCUT2D eigenvalue weighted by Crippen LogP contribution is 2.23. The molecule has 0 spiro atoms. The van der Waals surface area contributed by atoms with Gasteiger partial charge < -0.3 is 14.2 Å². The lowest BCUT2D eigenvalue weighted by Gasteiger charge is -2.21. The van der Waals surface area contributed by atoms with E-state index >= 15 is 0 Å². The van der Waals surface area contributed by atoms with Crippen LogP contribution in [0.15, 0.2) is 12.2 Å². The van der Waals surface area contributed by atoms with E-state index < -0.39 is 29.4 Å². The van der Waals surface area contributed by atoms with Crippen molar-refractivity contribution in [2.45, 2.75) is 39.7 Å². The van der Waals surface area contributed by atoms with Crippen molar-refractivity contribution >= 4 is 17.9 Å². The van der Waals surface area contributed by atoms with Crippen LogP contribution in [0.2, 0.25) is 0 Å². The van der Waals surface area contributed by atoms with Crippen molar-refractivity contribution < 1.29 is 28.6 Å². The fourth-order valence-electron chi connectivity index (χ4n) is 1.64. The zero-order valence-electron chi connectivity index (χ0n) is 12.6. The van der Waals surface area contributed by atoms with Crippen LogP contribution in [0.5, 0.6) is 0 Å². The highest BCUT2D eigenvalue weighted by molar-refractivity contribution is 6.01. The van der Waals surface area contributed by atoms with Crippen molar-refractivity contribution in [1.29, 1.82) is 0 Å². The van der Waals surface area contributed by atoms with E-state index in [1.807, 2.05) is 6.92 Å². The average molecular weight is 286 g/mol. The SMILES string of the molecule is CCC[C@H](/C=C/C(C)(C(=O)OC)C(=O)OC)OC(C)=O. The fraction of sp³-hybridized carbons (Fsp3) is 0.643. The van der Waals surface area contributed by atoms with E-state index in [1.54, 1.807) is 0 Å². The molecule has 0 unspecified atom stereocenters. The Morgan fingerprint density at radius 2 is 1.65 bits per heavy atom. The maximum Gasteiger partial charge on any atom is 0.326 e. The molecule has 0 heterocycles. The summed E-state index contributed by atoms with van der Waals surface area (Å²) in [6.07, 6.45) is 3.75. The first kappa shape index (κ1) is 18.1. The van der Waals surface area contributed by atoms with Gasteiger partial charge in [-0.1, -0.05) is 19.4 Å². The zero-order chi connectivity index (χ0) is 15.8. The molecule has 0 aromatic heterocycles. The number of ether oxygens (including phenoxy) is 3. The molecule has 114 valence electrons.